The minimum atomic E-state index is -0.0803. The van der Waals surface area contributed by atoms with Crippen molar-refractivity contribution >= 4 is 11.3 Å². The zero-order valence-corrected chi connectivity index (χ0v) is 12.7. The molecule has 1 saturated carbocycles. The SMILES string of the molecule is CCOC1(c2ncc(C(C)C)s2)CCCCCC1. The number of hydrogen-bond acceptors (Lipinski definition) is 3. The summed E-state index contributed by atoms with van der Waals surface area (Å²) in [7, 11) is 0. The third-order valence-electron chi connectivity index (χ3n) is 3.81. The molecule has 0 aliphatic heterocycles. The Morgan fingerprint density at radius 2 is 1.94 bits per heavy atom. The van der Waals surface area contributed by atoms with E-state index in [1.807, 2.05) is 11.3 Å². The van der Waals surface area contributed by atoms with Gasteiger partial charge in [-0.1, -0.05) is 39.5 Å². The summed E-state index contributed by atoms with van der Waals surface area (Å²) < 4.78 is 6.18. The molecule has 0 spiro atoms. The number of aromatic nitrogens is 1. The highest BCUT2D eigenvalue weighted by Crippen LogP contribution is 2.42. The Labute approximate surface area is 115 Å². The molecule has 1 aliphatic rings. The molecule has 0 N–H and O–H groups in total. The molecule has 18 heavy (non-hydrogen) atoms. The highest BCUT2D eigenvalue weighted by Gasteiger charge is 2.36. The molecular formula is C15H25NOS. The van der Waals surface area contributed by atoms with Crippen molar-refractivity contribution in [2.45, 2.75) is 70.8 Å². The monoisotopic (exact) mass is 267 g/mol. The maximum atomic E-state index is 6.18. The summed E-state index contributed by atoms with van der Waals surface area (Å²) in [5, 5.41) is 1.22. The maximum Gasteiger partial charge on any atom is 0.125 e. The standard InChI is InChI=1S/C15H25NOS/c1-4-17-15(9-7-5-6-8-10-15)14-16-11-13(18-14)12(2)3/h11-12H,4-10H2,1-3H3. The molecule has 1 aromatic rings. The summed E-state index contributed by atoms with van der Waals surface area (Å²) in [5.74, 6) is 0.570. The molecule has 0 atom stereocenters. The van der Waals surface area contributed by atoms with E-state index >= 15 is 0 Å². The van der Waals surface area contributed by atoms with Crippen LogP contribution in [0.2, 0.25) is 0 Å². The largest absolute Gasteiger partial charge is 0.368 e. The lowest BCUT2D eigenvalue weighted by atomic mass is 9.95. The Balaban J connectivity index is 2.26. The average molecular weight is 267 g/mol. The van der Waals surface area contributed by atoms with Crippen LogP contribution in [0.4, 0.5) is 0 Å². The van der Waals surface area contributed by atoms with E-state index in [1.54, 1.807) is 0 Å². The Morgan fingerprint density at radius 3 is 2.44 bits per heavy atom. The van der Waals surface area contributed by atoms with Crippen molar-refractivity contribution in [3.63, 3.8) is 0 Å². The first kappa shape index (κ1) is 14.0. The van der Waals surface area contributed by atoms with Crippen molar-refractivity contribution in [3.8, 4) is 0 Å². The van der Waals surface area contributed by atoms with Crippen molar-refractivity contribution < 1.29 is 4.74 Å². The van der Waals surface area contributed by atoms with Crippen molar-refractivity contribution in [1.82, 2.24) is 4.98 Å². The van der Waals surface area contributed by atoms with Crippen molar-refractivity contribution in [1.29, 1.82) is 0 Å². The van der Waals surface area contributed by atoms with Gasteiger partial charge in [-0.2, -0.15) is 0 Å². The predicted octanol–water partition coefficient (Wildman–Crippen LogP) is 4.85. The minimum absolute atomic E-state index is 0.0803. The molecule has 2 nitrogen and oxygen atoms in total. The van der Waals surface area contributed by atoms with Crippen LogP contribution in [0.25, 0.3) is 0 Å². The number of ether oxygens (including phenoxy) is 1. The molecular weight excluding hydrogens is 242 g/mol. The summed E-state index contributed by atoms with van der Waals surface area (Å²) >= 11 is 1.86. The van der Waals surface area contributed by atoms with E-state index in [0.717, 1.165) is 19.4 Å². The molecule has 3 heteroatoms. The Hall–Kier alpha value is -0.410. The Morgan fingerprint density at radius 1 is 1.28 bits per heavy atom. The third kappa shape index (κ3) is 2.94. The van der Waals surface area contributed by atoms with E-state index in [9.17, 15) is 0 Å². The lowest BCUT2D eigenvalue weighted by molar-refractivity contribution is -0.0559. The molecule has 0 saturated heterocycles. The first-order valence-electron chi connectivity index (χ1n) is 7.28. The number of nitrogens with zero attached hydrogens (tertiary/aromatic N) is 1. The van der Waals surface area contributed by atoms with Crippen LogP contribution < -0.4 is 0 Å². The van der Waals surface area contributed by atoms with Gasteiger partial charge in [0.05, 0.1) is 0 Å². The summed E-state index contributed by atoms with van der Waals surface area (Å²) in [6, 6.07) is 0. The van der Waals surface area contributed by atoms with E-state index in [4.69, 9.17) is 4.74 Å². The van der Waals surface area contributed by atoms with Crippen LogP contribution in [0.1, 0.15) is 75.1 Å². The molecule has 1 heterocycles. The zero-order valence-electron chi connectivity index (χ0n) is 11.9. The van der Waals surface area contributed by atoms with Gasteiger partial charge in [-0.3, -0.25) is 0 Å². The van der Waals surface area contributed by atoms with E-state index in [2.05, 4.69) is 32.0 Å². The highest BCUT2D eigenvalue weighted by molar-refractivity contribution is 7.11. The summed E-state index contributed by atoms with van der Waals surface area (Å²) in [5.41, 5.74) is -0.0803. The second kappa shape index (κ2) is 6.16. The van der Waals surface area contributed by atoms with Crippen LogP contribution in [-0.4, -0.2) is 11.6 Å². The molecule has 2 rings (SSSR count). The highest BCUT2D eigenvalue weighted by atomic mass is 32.1. The number of rotatable bonds is 4. The molecule has 1 aromatic heterocycles. The summed E-state index contributed by atoms with van der Waals surface area (Å²) in [6.45, 7) is 7.36. The van der Waals surface area contributed by atoms with E-state index in [1.165, 1.54) is 35.6 Å². The van der Waals surface area contributed by atoms with Crippen LogP contribution in [0.5, 0.6) is 0 Å². The van der Waals surface area contributed by atoms with Gasteiger partial charge >= 0.3 is 0 Å². The Bertz CT molecular complexity index is 364. The molecule has 0 bridgehead atoms. The van der Waals surface area contributed by atoms with Crippen LogP contribution in [-0.2, 0) is 10.3 Å². The topological polar surface area (TPSA) is 22.1 Å². The smallest absolute Gasteiger partial charge is 0.125 e. The van der Waals surface area contributed by atoms with Gasteiger partial charge in [0.2, 0.25) is 0 Å². The van der Waals surface area contributed by atoms with Gasteiger partial charge in [0, 0.05) is 17.7 Å². The second-order valence-electron chi connectivity index (χ2n) is 5.56. The normalized spacial score (nSPS) is 20.0. The fourth-order valence-electron chi connectivity index (χ4n) is 2.76. The Kier molecular flexibility index (Phi) is 4.79. The van der Waals surface area contributed by atoms with E-state index in [0.29, 0.717) is 5.92 Å². The first-order chi connectivity index (χ1) is 8.68. The minimum Gasteiger partial charge on any atom is -0.368 e. The van der Waals surface area contributed by atoms with Gasteiger partial charge in [0.15, 0.2) is 0 Å². The van der Waals surface area contributed by atoms with Gasteiger partial charge < -0.3 is 4.74 Å². The molecule has 0 aromatic carbocycles. The van der Waals surface area contributed by atoms with Crippen LogP contribution in [0.15, 0.2) is 6.20 Å². The third-order valence-corrected chi connectivity index (χ3v) is 5.30. The molecule has 102 valence electrons. The van der Waals surface area contributed by atoms with Crippen LogP contribution in [0.3, 0.4) is 0 Å². The van der Waals surface area contributed by atoms with Gasteiger partial charge in [0.1, 0.15) is 10.6 Å². The fourth-order valence-corrected chi connectivity index (χ4v) is 3.88. The van der Waals surface area contributed by atoms with Crippen molar-refractivity contribution in [3.05, 3.63) is 16.1 Å². The van der Waals surface area contributed by atoms with Crippen LogP contribution in [0, 0.1) is 0 Å². The summed E-state index contributed by atoms with van der Waals surface area (Å²) in [6.07, 6.45) is 9.58. The van der Waals surface area contributed by atoms with Gasteiger partial charge in [-0.25, -0.2) is 4.98 Å². The number of hydrogen-bond donors (Lipinski definition) is 0. The molecule has 1 aliphatic carbocycles. The van der Waals surface area contributed by atoms with Gasteiger partial charge in [-0.05, 0) is 25.7 Å². The zero-order chi connectivity index (χ0) is 13.0. The quantitative estimate of drug-likeness (QED) is 0.727. The molecule has 0 unspecified atom stereocenters. The second-order valence-corrected chi connectivity index (χ2v) is 6.63. The lowest BCUT2D eigenvalue weighted by Crippen LogP contribution is -2.29. The fraction of sp³-hybridized carbons (Fsp3) is 0.800. The van der Waals surface area contributed by atoms with Gasteiger partial charge in [-0.15, -0.1) is 11.3 Å². The number of thiazole rings is 1. The van der Waals surface area contributed by atoms with Gasteiger partial charge in [0.25, 0.3) is 0 Å². The maximum absolute atomic E-state index is 6.18. The molecule has 0 radical (unpaired) electrons. The van der Waals surface area contributed by atoms with Crippen molar-refractivity contribution in [2.75, 3.05) is 6.61 Å². The van der Waals surface area contributed by atoms with Crippen LogP contribution >= 0.6 is 11.3 Å². The molecule has 0 amide bonds. The predicted molar refractivity (Wildman–Crippen MR) is 77.2 cm³/mol. The van der Waals surface area contributed by atoms with Crippen molar-refractivity contribution in [2.24, 2.45) is 0 Å². The average Bonchev–Trinajstić information content (AvgIpc) is 2.73. The van der Waals surface area contributed by atoms with E-state index < -0.39 is 0 Å². The summed E-state index contributed by atoms with van der Waals surface area (Å²) in [4.78, 5) is 6.07. The van der Waals surface area contributed by atoms with E-state index in [-0.39, 0.29) is 5.60 Å². The first-order valence-corrected chi connectivity index (χ1v) is 8.10. The molecule has 1 fully saturated rings. The lowest BCUT2D eigenvalue weighted by Gasteiger charge is -2.30.